The van der Waals surface area contributed by atoms with Crippen molar-refractivity contribution in [3.63, 3.8) is 0 Å². The summed E-state index contributed by atoms with van der Waals surface area (Å²) in [4.78, 5) is 15.4. The summed E-state index contributed by atoms with van der Waals surface area (Å²) in [6, 6.07) is 11.7. The fourth-order valence-electron chi connectivity index (χ4n) is 2.79. The number of hydrogen-bond donors (Lipinski definition) is 2. The van der Waals surface area contributed by atoms with Crippen LogP contribution in [-0.4, -0.2) is 33.0 Å². The second kappa shape index (κ2) is 6.10. The topological polar surface area (TPSA) is 90.4 Å². The monoisotopic (exact) mass is 318 g/mol. The van der Waals surface area contributed by atoms with Crippen molar-refractivity contribution >= 4 is 5.82 Å². The molecular weight excluding hydrogens is 301 g/mol. The van der Waals surface area contributed by atoms with Crippen LogP contribution in [0.5, 0.6) is 0 Å². The molecule has 3 rings (SSSR count). The maximum atomic E-state index is 14.5. The number of anilines is 1. The van der Waals surface area contributed by atoms with E-state index in [4.69, 9.17) is 10.5 Å². The van der Waals surface area contributed by atoms with E-state index in [1.54, 1.807) is 6.07 Å². The smallest absolute Gasteiger partial charge is 0.351 e. The summed E-state index contributed by atoms with van der Waals surface area (Å²) in [5.74, 6) is -0.240. The number of nitrogens with two attached hydrogens (primary N) is 1. The zero-order valence-corrected chi connectivity index (χ0v) is 12.5. The maximum Gasteiger partial charge on any atom is 0.351 e. The van der Waals surface area contributed by atoms with Crippen LogP contribution in [-0.2, 0) is 4.74 Å². The Hall–Kier alpha value is -2.25. The molecule has 0 bridgehead atoms. The van der Waals surface area contributed by atoms with E-state index in [1.165, 1.54) is 12.3 Å². The second-order valence-corrected chi connectivity index (χ2v) is 5.58. The third kappa shape index (κ3) is 2.85. The van der Waals surface area contributed by atoms with Crippen LogP contribution in [0.1, 0.15) is 24.6 Å². The molecule has 0 aliphatic carbocycles. The Bertz CT molecular complexity index is 737. The van der Waals surface area contributed by atoms with Gasteiger partial charge in [-0.1, -0.05) is 31.2 Å². The third-order valence-corrected chi connectivity index (χ3v) is 4.07. The van der Waals surface area contributed by atoms with E-state index >= 15 is 0 Å². The molecule has 1 aromatic carbocycles. The fourth-order valence-corrected chi connectivity index (χ4v) is 2.79. The van der Waals surface area contributed by atoms with Gasteiger partial charge in [0, 0.05) is 12.1 Å². The van der Waals surface area contributed by atoms with Crippen LogP contribution in [0.2, 0.25) is 0 Å². The Morgan fingerprint density at radius 2 is 2.26 bits per heavy atom. The van der Waals surface area contributed by atoms with Crippen molar-refractivity contribution in [1.82, 2.24) is 9.55 Å². The van der Waals surface area contributed by atoms with Crippen molar-refractivity contribution in [3.8, 4) is 0 Å². The van der Waals surface area contributed by atoms with Crippen LogP contribution in [0.3, 0.4) is 0 Å². The maximum absolute atomic E-state index is 14.5. The molecule has 1 aliphatic rings. The number of benzene rings is 1. The first-order valence-electron chi connectivity index (χ1n) is 7.28. The van der Waals surface area contributed by atoms with Gasteiger partial charge in [0.1, 0.15) is 11.9 Å². The van der Waals surface area contributed by atoms with Gasteiger partial charge < -0.3 is 15.6 Å². The lowest BCUT2D eigenvalue weighted by atomic mass is 9.92. The Morgan fingerprint density at radius 1 is 1.48 bits per heavy atom. The lowest BCUT2D eigenvalue weighted by Crippen LogP contribution is -2.33. The van der Waals surface area contributed by atoms with Gasteiger partial charge in [-0.15, -0.1) is 0 Å². The minimum Gasteiger partial charge on any atom is -0.387 e. The third-order valence-electron chi connectivity index (χ3n) is 4.07. The number of aromatic nitrogens is 2. The Balaban J connectivity index is 1.88. The fraction of sp³-hybridized carbons (Fsp3) is 0.375. The van der Waals surface area contributed by atoms with Crippen molar-refractivity contribution in [2.45, 2.75) is 37.4 Å². The molecule has 2 aromatic rings. The normalized spacial score (nSPS) is 28.7. The summed E-state index contributed by atoms with van der Waals surface area (Å²) in [5, 5.41) is 10.2. The van der Waals surface area contributed by atoms with Gasteiger partial charge in [0.05, 0.1) is 6.10 Å². The van der Waals surface area contributed by atoms with Gasteiger partial charge in [0.2, 0.25) is 0 Å². The first-order valence-corrected chi connectivity index (χ1v) is 7.28. The average molecular weight is 318 g/mol. The van der Waals surface area contributed by atoms with E-state index in [0.717, 1.165) is 10.1 Å². The number of ether oxygens (including phenoxy) is 1. The molecule has 5 atom stereocenters. The number of nitrogens with zero attached hydrogens (tertiary/aromatic N) is 2. The number of rotatable bonds is 3. The second-order valence-electron chi connectivity index (χ2n) is 5.58. The van der Waals surface area contributed by atoms with E-state index in [0.29, 0.717) is 0 Å². The molecule has 6 nitrogen and oxygen atoms in total. The number of halogens is 1. The largest absolute Gasteiger partial charge is 0.387 e. The predicted octanol–water partition coefficient (Wildman–Crippen LogP) is 1.03. The first-order chi connectivity index (χ1) is 11.0. The summed E-state index contributed by atoms with van der Waals surface area (Å²) >= 11 is 0. The molecule has 0 spiro atoms. The van der Waals surface area contributed by atoms with Crippen LogP contribution in [0, 0.1) is 6.07 Å². The molecule has 1 aliphatic heterocycles. The predicted molar refractivity (Wildman–Crippen MR) is 81.4 cm³/mol. The van der Waals surface area contributed by atoms with Gasteiger partial charge in [0.15, 0.2) is 12.4 Å². The Kier molecular flexibility index (Phi) is 4.14. The molecule has 121 valence electrons. The van der Waals surface area contributed by atoms with E-state index in [2.05, 4.69) is 11.1 Å². The molecule has 3 N–H and O–H groups in total. The number of aliphatic hydroxyl groups excluding tert-OH is 1. The van der Waals surface area contributed by atoms with Gasteiger partial charge in [-0.25, -0.2) is 9.18 Å². The van der Waals surface area contributed by atoms with Crippen molar-refractivity contribution in [3.05, 3.63) is 58.6 Å². The van der Waals surface area contributed by atoms with Crippen molar-refractivity contribution < 1.29 is 14.2 Å². The molecular formula is C16H17FN3O3. The number of nitrogen functional groups attached to an aromatic ring is 1. The molecule has 7 heteroatoms. The molecule has 0 amide bonds. The lowest BCUT2D eigenvalue weighted by molar-refractivity contribution is -0.0363. The highest BCUT2D eigenvalue weighted by Gasteiger charge is 2.47. The van der Waals surface area contributed by atoms with Crippen LogP contribution in [0.25, 0.3) is 0 Å². The highest BCUT2D eigenvalue weighted by atomic mass is 19.1. The highest BCUT2D eigenvalue weighted by molar-refractivity contribution is 5.24. The SMILES string of the molecule is C[C@H](c1[c]cccc1)[C@@H]1O[C@@H](n2ccc(N)nc2=O)[C@H](F)[C@@H]1O. The summed E-state index contributed by atoms with van der Waals surface area (Å²) in [6.07, 6.45) is -3.81. The van der Waals surface area contributed by atoms with E-state index < -0.39 is 30.3 Å². The minimum atomic E-state index is -1.74. The molecule has 0 saturated carbocycles. The summed E-state index contributed by atoms with van der Waals surface area (Å²) < 4.78 is 21.1. The standard InChI is InChI=1S/C16H17FN3O3/c1-9(10-5-3-2-4-6-10)14-13(21)12(17)15(23-14)20-8-7-11(18)19-16(20)22/h2-5,7-9,12-15,21H,1H3,(H2,18,19,22)/t9-,12-,13+,14+,15-/m1/s1. The van der Waals surface area contributed by atoms with Gasteiger partial charge in [0.25, 0.3) is 0 Å². The van der Waals surface area contributed by atoms with Crippen LogP contribution in [0.4, 0.5) is 10.2 Å². The van der Waals surface area contributed by atoms with Gasteiger partial charge >= 0.3 is 5.69 Å². The molecule has 1 saturated heterocycles. The minimum absolute atomic E-state index is 0.0454. The molecule has 0 unspecified atom stereocenters. The van der Waals surface area contributed by atoms with Crippen molar-refractivity contribution in [2.75, 3.05) is 5.73 Å². The summed E-state index contributed by atoms with van der Waals surface area (Å²) in [7, 11) is 0. The number of hydrogen-bond acceptors (Lipinski definition) is 5. The van der Waals surface area contributed by atoms with Crippen molar-refractivity contribution in [1.29, 1.82) is 0 Å². The van der Waals surface area contributed by atoms with Crippen molar-refractivity contribution in [2.24, 2.45) is 0 Å². The molecule has 23 heavy (non-hydrogen) atoms. The summed E-state index contributed by atoms with van der Waals surface area (Å²) in [6.45, 7) is 1.82. The van der Waals surface area contributed by atoms with E-state index in [-0.39, 0.29) is 11.7 Å². The zero-order chi connectivity index (χ0) is 16.6. The van der Waals surface area contributed by atoms with Gasteiger partial charge in [-0.3, -0.25) is 4.57 Å². The Labute approximate surface area is 132 Å². The number of aliphatic hydroxyl groups is 1. The van der Waals surface area contributed by atoms with Gasteiger partial charge in [-0.05, 0) is 17.7 Å². The first kappa shape index (κ1) is 15.6. The highest BCUT2D eigenvalue weighted by Crippen LogP contribution is 2.37. The zero-order valence-electron chi connectivity index (χ0n) is 12.5. The number of alkyl halides is 1. The summed E-state index contributed by atoms with van der Waals surface area (Å²) in [5.41, 5.74) is 5.51. The Morgan fingerprint density at radius 3 is 2.91 bits per heavy atom. The molecule has 1 aromatic heterocycles. The molecule has 1 radical (unpaired) electrons. The van der Waals surface area contributed by atoms with Crippen LogP contribution < -0.4 is 11.4 Å². The van der Waals surface area contributed by atoms with E-state index in [9.17, 15) is 14.3 Å². The van der Waals surface area contributed by atoms with Crippen LogP contribution in [0.15, 0.2) is 41.3 Å². The van der Waals surface area contributed by atoms with E-state index in [1.807, 2.05) is 25.1 Å². The van der Waals surface area contributed by atoms with Gasteiger partial charge in [-0.2, -0.15) is 4.98 Å². The molecule has 2 heterocycles. The average Bonchev–Trinajstić information content (AvgIpc) is 2.84. The molecule has 1 fully saturated rings. The lowest BCUT2D eigenvalue weighted by Gasteiger charge is -2.22. The quantitative estimate of drug-likeness (QED) is 0.882. The van der Waals surface area contributed by atoms with Crippen LogP contribution >= 0.6 is 0 Å².